The highest BCUT2D eigenvalue weighted by Crippen LogP contribution is 2.20. The van der Waals surface area contributed by atoms with Crippen LogP contribution in [-0.4, -0.2) is 37.5 Å². The number of hydrogen-bond donors (Lipinski definition) is 1. The van der Waals surface area contributed by atoms with E-state index in [1.165, 1.54) is 7.11 Å². The maximum Gasteiger partial charge on any atom is 0.308 e. The van der Waals surface area contributed by atoms with Crippen LogP contribution in [-0.2, 0) is 14.3 Å². The van der Waals surface area contributed by atoms with Crippen molar-refractivity contribution in [2.75, 3.05) is 20.3 Å². The number of carbonyl (C=O) groups is 1. The van der Waals surface area contributed by atoms with Crippen molar-refractivity contribution in [1.82, 2.24) is 0 Å². The first-order valence-electron chi connectivity index (χ1n) is 4.56. The Morgan fingerprint density at radius 3 is 2.77 bits per heavy atom. The number of rotatable bonds is 3. The summed E-state index contributed by atoms with van der Waals surface area (Å²) in [5, 5.41) is 9.62. The van der Waals surface area contributed by atoms with Gasteiger partial charge < -0.3 is 14.6 Å². The zero-order valence-corrected chi connectivity index (χ0v) is 7.86. The molecule has 1 N–H and O–H groups in total. The number of aliphatic hydroxyl groups excluding tert-OH is 1. The van der Waals surface area contributed by atoms with E-state index in [4.69, 9.17) is 4.74 Å². The van der Waals surface area contributed by atoms with Crippen LogP contribution in [0.15, 0.2) is 0 Å². The molecule has 1 aliphatic heterocycles. The van der Waals surface area contributed by atoms with E-state index in [1.807, 2.05) is 0 Å². The van der Waals surface area contributed by atoms with Crippen molar-refractivity contribution < 1.29 is 19.4 Å². The summed E-state index contributed by atoms with van der Waals surface area (Å²) in [7, 11) is 1.33. The molecule has 1 fully saturated rings. The molecule has 1 rings (SSSR count). The number of methoxy groups -OCH3 is 1. The first kappa shape index (κ1) is 10.5. The van der Waals surface area contributed by atoms with Crippen molar-refractivity contribution in [3.8, 4) is 0 Å². The Balaban J connectivity index is 2.28. The Bertz CT molecular complexity index is 163. The van der Waals surface area contributed by atoms with E-state index >= 15 is 0 Å². The van der Waals surface area contributed by atoms with Crippen molar-refractivity contribution in [3.63, 3.8) is 0 Å². The zero-order chi connectivity index (χ0) is 9.68. The second-order valence-corrected chi connectivity index (χ2v) is 3.30. The number of ether oxygens (including phenoxy) is 2. The summed E-state index contributed by atoms with van der Waals surface area (Å²) >= 11 is 0. The van der Waals surface area contributed by atoms with Crippen molar-refractivity contribution in [3.05, 3.63) is 0 Å². The predicted octanol–water partition coefficient (Wildman–Crippen LogP) is 0.337. The summed E-state index contributed by atoms with van der Waals surface area (Å²) in [4.78, 5) is 10.9. The fourth-order valence-corrected chi connectivity index (χ4v) is 1.52. The van der Waals surface area contributed by atoms with Gasteiger partial charge in [-0.1, -0.05) is 0 Å². The van der Waals surface area contributed by atoms with Gasteiger partial charge >= 0.3 is 5.97 Å². The molecule has 1 saturated heterocycles. The van der Waals surface area contributed by atoms with Crippen LogP contribution >= 0.6 is 0 Å². The Morgan fingerprint density at radius 2 is 2.23 bits per heavy atom. The van der Waals surface area contributed by atoms with Crippen LogP contribution in [0.5, 0.6) is 0 Å². The van der Waals surface area contributed by atoms with Crippen molar-refractivity contribution in [2.45, 2.75) is 25.4 Å². The van der Waals surface area contributed by atoms with Gasteiger partial charge in [-0.15, -0.1) is 0 Å². The summed E-state index contributed by atoms with van der Waals surface area (Å²) in [6.07, 6.45) is 1.19. The van der Waals surface area contributed by atoms with Crippen LogP contribution in [0.1, 0.15) is 19.3 Å². The van der Waals surface area contributed by atoms with Gasteiger partial charge in [0, 0.05) is 13.2 Å². The lowest BCUT2D eigenvalue weighted by molar-refractivity contribution is -0.144. The van der Waals surface area contributed by atoms with Gasteiger partial charge in [0.1, 0.15) is 0 Å². The molecule has 0 bridgehead atoms. The van der Waals surface area contributed by atoms with E-state index in [9.17, 15) is 9.90 Å². The molecule has 0 spiro atoms. The first-order valence-corrected chi connectivity index (χ1v) is 4.56. The van der Waals surface area contributed by atoms with Crippen molar-refractivity contribution >= 4 is 5.97 Å². The third-order valence-electron chi connectivity index (χ3n) is 2.41. The average molecular weight is 188 g/mol. The number of hydrogen-bond acceptors (Lipinski definition) is 4. The third-order valence-corrected chi connectivity index (χ3v) is 2.41. The highest BCUT2D eigenvalue weighted by atomic mass is 16.5. The minimum absolute atomic E-state index is 0.0984. The molecule has 0 aromatic carbocycles. The molecule has 0 unspecified atom stereocenters. The lowest BCUT2D eigenvalue weighted by Gasteiger charge is -2.25. The lowest BCUT2D eigenvalue weighted by atomic mass is 9.92. The normalized spacial score (nSPS) is 21.1. The molecule has 0 amide bonds. The number of esters is 1. The van der Waals surface area contributed by atoms with Gasteiger partial charge in [-0.05, 0) is 18.8 Å². The zero-order valence-electron chi connectivity index (χ0n) is 7.86. The molecule has 4 heteroatoms. The molecular weight excluding hydrogens is 172 g/mol. The van der Waals surface area contributed by atoms with Crippen LogP contribution in [0.4, 0.5) is 0 Å². The van der Waals surface area contributed by atoms with Crippen LogP contribution in [0, 0.1) is 5.92 Å². The van der Waals surface area contributed by atoms with Gasteiger partial charge in [-0.3, -0.25) is 4.79 Å². The standard InChI is InChI=1S/C9H16O4/c1-12-9(11)6-8(10)7-2-4-13-5-3-7/h7-8,10H,2-6H2,1H3/t8-/m1/s1. The van der Waals surface area contributed by atoms with E-state index in [0.29, 0.717) is 13.2 Å². The largest absolute Gasteiger partial charge is 0.469 e. The van der Waals surface area contributed by atoms with Gasteiger partial charge in [0.15, 0.2) is 0 Å². The number of aliphatic hydroxyl groups is 1. The fourth-order valence-electron chi connectivity index (χ4n) is 1.52. The summed E-state index contributed by atoms with van der Waals surface area (Å²) < 4.78 is 9.64. The summed E-state index contributed by atoms with van der Waals surface area (Å²) in [6.45, 7) is 1.37. The lowest BCUT2D eigenvalue weighted by Crippen LogP contribution is -2.29. The van der Waals surface area contributed by atoms with Gasteiger partial charge in [0.05, 0.1) is 19.6 Å². The van der Waals surface area contributed by atoms with Crippen LogP contribution in [0.2, 0.25) is 0 Å². The van der Waals surface area contributed by atoms with Crippen molar-refractivity contribution in [2.24, 2.45) is 5.92 Å². The van der Waals surface area contributed by atoms with Crippen molar-refractivity contribution in [1.29, 1.82) is 0 Å². The Labute approximate surface area is 77.8 Å². The van der Waals surface area contributed by atoms with E-state index in [-0.39, 0.29) is 18.3 Å². The topological polar surface area (TPSA) is 55.8 Å². The second kappa shape index (κ2) is 5.19. The molecule has 1 atom stereocenters. The van der Waals surface area contributed by atoms with E-state index in [1.54, 1.807) is 0 Å². The molecule has 0 aromatic rings. The molecule has 1 aliphatic rings. The monoisotopic (exact) mass is 188 g/mol. The summed E-state index contributed by atoms with van der Waals surface area (Å²) in [5.41, 5.74) is 0. The fraction of sp³-hybridized carbons (Fsp3) is 0.889. The quantitative estimate of drug-likeness (QED) is 0.649. The van der Waals surface area contributed by atoms with Crippen LogP contribution < -0.4 is 0 Å². The Kier molecular flexibility index (Phi) is 4.18. The van der Waals surface area contributed by atoms with E-state index < -0.39 is 6.10 Å². The van der Waals surface area contributed by atoms with Gasteiger partial charge in [-0.2, -0.15) is 0 Å². The predicted molar refractivity (Wildman–Crippen MR) is 46.2 cm³/mol. The van der Waals surface area contributed by atoms with Gasteiger partial charge in [0.2, 0.25) is 0 Å². The van der Waals surface area contributed by atoms with Gasteiger partial charge in [0.25, 0.3) is 0 Å². The average Bonchev–Trinajstić information content (AvgIpc) is 2.19. The minimum atomic E-state index is -0.573. The van der Waals surface area contributed by atoms with Crippen LogP contribution in [0.3, 0.4) is 0 Å². The SMILES string of the molecule is COC(=O)C[C@@H](O)C1CCOCC1. The number of carbonyl (C=O) groups excluding carboxylic acids is 1. The maximum absolute atomic E-state index is 10.9. The smallest absolute Gasteiger partial charge is 0.308 e. The second-order valence-electron chi connectivity index (χ2n) is 3.30. The molecule has 4 nitrogen and oxygen atoms in total. The van der Waals surface area contributed by atoms with Gasteiger partial charge in [-0.25, -0.2) is 0 Å². The maximum atomic E-state index is 10.9. The summed E-state index contributed by atoms with van der Waals surface area (Å²) in [6, 6.07) is 0. The minimum Gasteiger partial charge on any atom is -0.469 e. The molecule has 76 valence electrons. The molecule has 0 aromatic heterocycles. The highest BCUT2D eigenvalue weighted by molar-refractivity contribution is 5.69. The van der Waals surface area contributed by atoms with E-state index in [0.717, 1.165) is 12.8 Å². The summed E-state index contributed by atoms with van der Waals surface area (Å²) in [5.74, 6) is -0.160. The molecule has 0 aliphatic carbocycles. The van der Waals surface area contributed by atoms with Crippen LogP contribution in [0.25, 0.3) is 0 Å². The molecule has 13 heavy (non-hydrogen) atoms. The molecule has 0 saturated carbocycles. The first-order chi connectivity index (χ1) is 6.24. The Morgan fingerprint density at radius 1 is 1.62 bits per heavy atom. The molecule has 1 heterocycles. The molecular formula is C9H16O4. The Hall–Kier alpha value is -0.610. The third kappa shape index (κ3) is 3.32. The molecule has 0 radical (unpaired) electrons. The highest BCUT2D eigenvalue weighted by Gasteiger charge is 2.24. The van der Waals surface area contributed by atoms with E-state index in [2.05, 4.69) is 4.74 Å².